The molecule has 0 fully saturated rings. The number of benzene rings is 1. The second kappa shape index (κ2) is 5.32. The van der Waals surface area contributed by atoms with Gasteiger partial charge in [0.1, 0.15) is 0 Å². The number of carbonyl (C=O) groups is 1. The summed E-state index contributed by atoms with van der Waals surface area (Å²) in [4.78, 5) is 10.5. The van der Waals surface area contributed by atoms with Gasteiger partial charge in [-0.05, 0) is 49.9 Å². The second-order valence-electron chi connectivity index (χ2n) is 2.94. The van der Waals surface area contributed by atoms with Gasteiger partial charge in [0, 0.05) is 19.8 Å². The standard InChI is InChI=1S/C9H8Br3NO2/c10-5-3-6(11)9(13)8(12)4(5)1-2-7(14)15/h3H,1-2,13H2,(H,14,15). The Bertz CT molecular complexity index is 407. The zero-order chi connectivity index (χ0) is 11.6. The summed E-state index contributed by atoms with van der Waals surface area (Å²) in [6.45, 7) is 0. The lowest BCUT2D eigenvalue weighted by Crippen LogP contribution is -2.01. The van der Waals surface area contributed by atoms with Gasteiger partial charge in [0.05, 0.1) is 5.69 Å². The lowest BCUT2D eigenvalue weighted by atomic mass is 10.1. The van der Waals surface area contributed by atoms with E-state index in [1.54, 1.807) is 0 Å². The van der Waals surface area contributed by atoms with Crippen molar-refractivity contribution < 1.29 is 9.90 Å². The van der Waals surface area contributed by atoms with Gasteiger partial charge in [-0.3, -0.25) is 4.79 Å². The summed E-state index contributed by atoms with van der Waals surface area (Å²) in [5, 5.41) is 8.61. The SMILES string of the molecule is Nc1c(Br)cc(Br)c(CCC(=O)O)c1Br. The highest BCUT2D eigenvalue weighted by Gasteiger charge is 2.12. The Morgan fingerprint density at radius 2 is 1.93 bits per heavy atom. The van der Waals surface area contributed by atoms with Gasteiger partial charge >= 0.3 is 5.97 Å². The molecule has 0 saturated heterocycles. The summed E-state index contributed by atoms with van der Waals surface area (Å²) in [6.07, 6.45) is 0.520. The highest BCUT2D eigenvalue weighted by atomic mass is 79.9. The van der Waals surface area contributed by atoms with Gasteiger partial charge < -0.3 is 10.8 Å². The molecule has 1 aromatic rings. The first-order valence-electron chi connectivity index (χ1n) is 4.07. The Balaban J connectivity index is 3.07. The van der Waals surface area contributed by atoms with Gasteiger partial charge in [0.25, 0.3) is 0 Å². The minimum absolute atomic E-state index is 0.0816. The van der Waals surface area contributed by atoms with Crippen LogP contribution in [0.25, 0.3) is 0 Å². The quantitative estimate of drug-likeness (QED) is 0.761. The first-order valence-corrected chi connectivity index (χ1v) is 6.45. The number of nitrogen functional groups attached to an aromatic ring is 1. The van der Waals surface area contributed by atoms with E-state index in [1.165, 1.54) is 0 Å². The van der Waals surface area contributed by atoms with Crippen molar-refractivity contribution in [3.8, 4) is 0 Å². The van der Waals surface area contributed by atoms with E-state index in [2.05, 4.69) is 47.8 Å². The lowest BCUT2D eigenvalue weighted by Gasteiger charge is -2.10. The third-order valence-corrected chi connectivity index (χ3v) is 4.16. The highest BCUT2D eigenvalue weighted by Crippen LogP contribution is 2.37. The fraction of sp³-hybridized carbons (Fsp3) is 0.222. The van der Waals surface area contributed by atoms with Crippen molar-refractivity contribution in [3.63, 3.8) is 0 Å². The summed E-state index contributed by atoms with van der Waals surface area (Å²) in [5.41, 5.74) is 7.25. The Kier molecular flexibility index (Phi) is 4.61. The van der Waals surface area contributed by atoms with Crippen LogP contribution in [0.1, 0.15) is 12.0 Å². The van der Waals surface area contributed by atoms with Gasteiger partial charge in [-0.15, -0.1) is 0 Å². The molecule has 15 heavy (non-hydrogen) atoms. The molecule has 0 radical (unpaired) electrons. The van der Waals surface area contributed by atoms with Crippen LogP contribution in [0.4, 0.5) is 5.69 Å². The van der Waals surface area contributed by atoms with E-state index in [0.29, 0.717) is 12.1 Å². The molecule has 0 atom stereocenters. The maximum Gasteiger partial charge on any atom is 0.303 e. The van der Waals surface area contributed by atoms with Crippen LogP contribution in [-0.2, 0) is 11.2 Å². The van der Waals surface area contributed by atoms with E-state index >= 15 is 0 Å². The molecule has 1 rings (SSSR count). The predicted octanol–water partition coefficient (Wildman–Crippen LogP) is 3.57. The number of anilines is 1. The van der Waals surface area contributed by atoms with Crippen LogP contribution in [-0.4, -0.2) is 11.1 Å². The smallest absolute Gasteiger partial charge is 0.303 e. The minimum atomic E-state index is -0.824. The monoisotopic (exact) mass is 399 g/mol. The van der Waals surface area contributed by atoms with Gasteiger partial charge in [-0.25, -0.2) is 0 Å². The predicted molar refractivity (Wildman–Crippen MR) is 69.9 cm³/mol. The molecule has 0 spiro atoms. The van der Waals surface area contributed by atoms with Crippen LogP contribution >= 0.6 is 47.8 Å². The number of carboxylic acid groups (broad SMARTS) is 1. The number of rotatable bonds is 3. The fourth-order valence-corrected chi connectivity index (χ4v) is 3.63. The van der Waals surface area contributed by atoms with E-state index in [0.717, 1.165) is 19.0 Å². The number of halogens is 3. The molecule has 0 heterocycles. The molecule has 1 aromatic carbocycles. The van der Waals surface area contributed by atoms with Crippen LogP contribution in [0.5, 0.6) is 0 Å². The summed E-state index contributed by atoms with van der Waals surface area (Å²) < 4.78 is 2.36. The summed E-state index contributed by atoms with van der Waals surface area (Å²) in [6, 6.07) is 1.82. The average molecular weight is 402 g/mol. The normalized spacial score (nSPS) is 10.3. The lowest BCUT2D eigenvalue weighted by molar-refractivity contribution is -0.136. The third kappa shape index (κ3) is 3.19. The highest BCUT2D eigenvalue weighted by molar-refractivity contribution is 9.11. The Labute approximate surface area is 112 Å². The minimum Gasteiger partial charge on any atom is -0.481 e. The number of hydrogen-bond donors (Lipinski definition) is 2. The van der Waals surface area contributed by atoms with E-state index in [-0.39, 0.29) is 6.42 Å². The Hall–Kier alpha value is -0.0700. The first kappa shape index (κ1) is 13.0. The Morgan fingerprint density at radius 1 is 1.33 bits per heavy atom. The van der Waals surface area contributed by atoms with Crippen LogP contribution in [0.3, 0.4) is 0 Å². The molecular weight excluding hydrogens is 394 g/mol. The van der Waals surface area contributed by atoms with Gasteiger partial charge in [-0.2, -0.15) is 0 Å². The van der Waals surface area contributed by atoms with Crippen LogP contribution in [0.2, 0.25) is 0 Å². The molecular formula is C9H8Br3NO2. The molecule has 82 valence electrons. The molecule has 3 N–H and O–H groups in total. The molecule has 0 aliphatic heterocycles. The van der Waals surface area contributed by atoms with E-state index in [9.17, 15) is 4.79 Å². The van der Waals surface area contributed by atoms with Crippen molar-refractivity contribution in [2.24, 2.45) is 0 Å². The van der Waals surface area contributed by atoms with E-state index in [1.807, 2.05) is 6.07 Å². The van der Waals surface area contributed by atoms with Crippen LogP contribution < -0.4 is 5.73 Å². The molecule has 0 bridgehead atoms. The number of nitrogens with two attached hydrogens (primary N) is 1. The van der Waals surface area contributed by atoms with Crippen molar-refractivity contribution >= 4 is 59.4 Å². The summed E-state index contributed by atoms with van der Waals surface area (Å²) >= 11 is 10.0. The van der Waals surface area contributed by atoms with E-state index < -0.39 is 5.97 Å². The Morgan fingerprint density at radius 3 is 2.47 bits per heavy atom. The summed E-state index contributed by atoms with van der Waals surface area (Å²) in [7, 11) is 0. The molecule has 0 unspecified atom stereocenters. The number of carboxylic acids is 1. The van der Waals surface area contributed by atoms with Gasteiger partial charge in [0.15, 0.2) is 0 Å². The topological polar surface area (TPSA) is 63.3 Å². The van der Waals surface area contributed by atoms with Crippen molar-refractivity contribution in [1.29, 1.82) is 0 Å². The van der Waals surface area contributed by atoms with E-state index in [4.69, 9.17) is 10.8 Å². The van der Waals surface area contributed by atoms with Crippen molar-refractivity contribution in [2.45, 2.75) is 12.8 Å². The first-order chi connectivity index (χ1) is 6.93. The fourth-order valence-electron chi connectivity index (χ4n) is 1.11. The molecule has 0 aromatic heterocycles. The van der Waals surface area contributed by atoms with Crippen LogP contribution in [0, 0.1) is 0 Å². The maximum atomic E-state index is 10.5. The summed E-state index contributed by atoms with van der Waals surface area (Å²) in [5.74, 6) is -0.824. The number of hydrogen-bond acceptors (Lipinski definition) is 2. The molecule has 0 aliphatic rings. The zero-order valence-corrected chi connectivity index (χ0v) is 12.3. The van der Waals surface area contributed by atoms with Crippen molar-refractivity contribution in [3.05, 3.63) is 25.0 Å². The van der Waals surface area contributed by atoms with Gasteiger partial charge in [-0.1, -0.05) is 15.9 Å². The molecule has 3 nitrogen and oxygen atoms in total. The van der Waals surface area contributed by atoms with Crippen LogP contribution in [0.15, 0.2) is 19.5 Å². The third-order valence-electron chi connectivity index (χ3n) is 1.89. The molecule has 0 amide bonds. The van der Waals surface area contributed by atoms with Crippen molar-refractivity contribution in [1.82, 2.24) is 0 Å². The molecule has 6 heteroatoms. The number of aliphatic carboxylic acids is 1. The maximum absolute atomic E-state index is 10.5. The zero-order valence-electron chi connectivity index (χ0n) is 7.56. The molecule has 0 saturated carbocycles. The second-order valence-corrected chi connectivity index (χ2v) is 5.44. The van der Waals surface area contributed by atoms with Gasteiger partial charge in [0.2, 0.25) is 0 Å². The molecule has 0 aliphatic carbocycles. The largest absolute Gasteiger partial charge is 0.481 e. The average Bonchev–Trinajstić information content (AvgIpc) is 2.14. The van der Waals surface area contributed by atoms with Crippen molar-refractivity contribution in [2.75, 3.05) is 5.73 Å².